The zero-order chi connectivity index (χ0) is 17.4. The van der Waals surface area contributed by atoms with Crippen molar-refractivity contribution < 1.29 is 9.90 Å². The van der Waals surface area contributed by atoms with Crippen LogP contribution in [0.5, 0.6) is 5.75 Å². The summed E-state index contributed by atoms with van der Waals surface area (Å²) in [6.45, 7) is 5.20. The topological polar surface area (TPSA) is 77.3 Å². The molecule has 0 fully saturated rings. The highest BCUT2D eigenvalue weighted by Gasteiger charge is 2.10. The Morgan fingerprint density at radius 2 is 2.33 bits per heavy atom. The third-order valence-corrected chi connectivity index (χ3v) is 3.80. The Bertz CT molecular complexity index is 665. The van der Waals surface area contributed by atoms with Gasteiger partial charge in [-0.3, -0.25) is 14.8 Å². The zero-order valence-corrected chi connectivity index (χ0v) is 14.2. The number of phenols is 1. The van der Waals surface area contributed by atoms with Crippen molar-refractivity contribution >= 4 is 23.5 Å². The normalized spacial score (nSPS) is 15.0. The molecule has 0 saturated carbocycles. The molecule has 1 aliphatic heterocycles. The maximum absolute atomic E-state index is 12.2. The predicted octanol–water partition coefficient (Wildman–Crippen LogP) is 1.72. The van der Waals surface area contributed by atoms with Crippen LogP contribution in [-0.4, -0.2) is 61.2 Å². The van der Waals surface area contributed by atoms with E-state index < -0.39 is 0 Å². The molecule has 0 radical (unpaired) electrons. The highest BCUT2D eigenvalue weighted by atomic mass is 16.3. The standard InChI is InChI=1S/C18H24N4O2/c1-14(15-5-3-6-16(23)12-15)11-17(19-2)18(24)21-7-4-9-22-10-8-20-13-22/h3,5-6,11-13,23H,4,7-10H2,1-2H3,(H,21,24)/b14-11+,19-17?. The van der Waals surface area contributed by atoms with E-state index in [0.29, 0.717) is 12.3 Å². The summed E-state index contributed by atoms with van der Waals surface area (Å²) >= 11 is 0. The number of aliphatic imine (C=N–C) groups is 2. The van der Waals surface area contributed by atoms with Crippen molar-refractivity contribution in [1.29, 1.82) is 0 Å². The monoisotopic (exact) mass is 328 g/mol. The molecular weight excluding hydrogens is 304 g/mol. The molecule has 24 heavy (non-hydrogen) atoms. The zero-order valence-electron chi connectivity index (χ0n) is 14.2. The Morgan fingerprint density at radius 1 is 1.50 bits per heavy atom. The Morgan fingerprint density at radius 3 is 3.00 bits per heavy atom. The van der Waals surface area contributed by atoms with Crippen molar-refractivity contribution in [2.24, 2.45) is 9.98 Å². The Kier molecular flexibility index (Phi) is 6.54. The van der Waals surface area contributed by atoms with Crippen molar-refractivity contribution in [3.63, 3.8) is 0 Å². The van der Waals surface area contributed by atoms with Crippen molar-refractivity contribution in [3.05, 3.63) is 35.9 Å². The predicted molar refractivity (Wildman–Crippen MR) is 97.7 cm³/mol. The number of hydrogen-bond donors (Lipinski definition) is 2. The second kappa shape index (κ2) is 8.86. The van der Waals surface area contributed by atoms with Crippen LogP contribution in [0, 0.1) is 0 Å². The summed E-state index contributed by atoms with van der Waals surface area (Å²) in [5, 5.41) is 12.4. The first kappa shape index (κ1) is 17.7. The number of carbonyl (C=O) groups excluding carboxylic acids is 1. The van der Waals surface area contributed by atoms with Crippen LogP contribution in [0.15, 0.2) is 40.3 Å². The molecule has 1 aliphatic rings. The van der Waals surface area contributed by atoms with Gasteiger partial charge in [0.1, 0.15) is 11.5 Å². The number of phenolic OH excluding ortho intramolecular Hbond substituents is 1. The van der Waals surface area contributed by atoms with Crippen LogP contribution in [0.4, 0.5) is 0 Å². The lowest BCUT2D eigenvalue weighted by molar-refractivity contribution is -0.114. The van der Waals surface area contributed by atoms with E-state index in [1.807, 2.05) is 19.3 Å². The summed E-state index contributed by atoms with van der Waals surface area (Å²) in [6.07, 6.45) is 4.46. The molecule has 0 atom stereocenters. The summed E-state index contributed by atoms with van der Waals surface area (Å²) in [5.74, 6) is 0.0113. The molecule has 1 aromatic rings. The van der Waals surface area contributed by atoms with Gasteiger partial charge in [0.15, 0.2) is 0 Å². The molecule has 0 aliphatic carbocycles. The number of benzene rings is 1. The van der Waals surface area contributed by atoms with Gasteiger partial charge in [0.2, 0.25) is 0 Å². The molecule has 128 valence electrons. The largest absolute Gasteiger partial charge is 0.508 e. The van der Waals surface area contributed by atoms with Gasteiger partial charge in [-0.1, -0.05) is 12.1 Å². The molecule has 6 heteroatoms. The van der Waals surface area contributed by atoms with E-state index in [9.17, 15) is 9.90 Å². The van der Waals surface area contributed by atoms with E-state index >= 15 is 0 Å². The molecule has 2 rings (SSSR count). The van der Waals surface area contributed by atoms with Crippen LogP contribution in [0.25, 0.3) is 5.57 Å². The van der Waals surface area contributed by atoms with Crippen LogP contribution in [0.3, 0.4) is 0 Å². The van der Waals surface area contributed by atoms with Crippen LogP contribution >= 0.6 is 0 Å². The number of carbonyl (C=O) groups is 1. The maximum Gasteiger partial charge on any atom is 0.269 e. The van der Waals surface area contributed by atoms with Gasteiger partial charge >= 0.3 is 0 Å². The number of nitrogens with one attached hydrogen (secondary N) is 1. The second-order valence-electron chi connectivity index (χ2n) is 5.65. The van der Waals surface area contributed by atoms with E-state index in [1.165, 1.54) is 0 Å². The lowest BCUT2D eigenvalue weighted by atomic mass is 10.1. The van der Waals surface area contributed by atoms with Gasteiger partial charge in [0.05, 0.1) is 12.9 Å². The summed E-state index contributed by atoms with van der Waals surface area (Å²) < 4.78 is 0. The van der Waals surface area contributed by atoms with E-state index in [4.69, 9.17) is 0 Å². The first-order valence-corrected chi connectivity index (χ1v) is 8.07. The third kappa shape index (κ3) is 5.22. The third-order valence-electron chi connectivity index (χ3n) is 3.80. The van der Waals surface area contributed by atoms with Gasteiger partial charge < -0.3 is 15.3 Å². The fourth-order valence-corrected chi connectivity index (χ4v) is 2.43. The highest BCUT2D eigenvalue weighted by molar-refractivity contribution is 6.44. The fraction of sp³-hybridized carbons (Fsp3) is 0.389. The summed E-state index contributed by atoms with van der Waals surface area (Å²) in [4.78, 5) is 22.6. The van der Waals surface area contributed by atoms with Gasteiger partial charge in [0, 0.05) is 26.7 Å². The van der Waals surface area contributed by atoms with E-state index in [2.05, 4.69) is 20.2 Å². The number of allylic oxidation sites excluding steroid dienone is 1. The second-order valence-corrected chi connectivity index (χ2v) is 5.65. The molecular formula is C18H24N4O2. The number of aromatic hydroxyl groups is 1. The van der Waals surface area contributed by atoms with E-state index in [-0.39, 0.29) is 11.7 Å². The maximum atomic E-state index is 12.2. The minimum absolute atomic E-state index is 0.188. The van der Waals surface area contributed by atoms with Crippen molar-refractivity contribution in [3.8, 4) is 5.75 Å². The van der Waals surface area contributed by atoms with Gasteiger partial charge in [-0.15, -0.1) is 0 Å². The highest BCUT2D eigenvalue weighted by Crippen LogP contribution is 2.18. The van der Waals surface area contributed by atoms with E-state index in [0.717, 1.165) is 37.2 Å². The van der Waals surface area contributed by atoms with Crippen molar-refractivity contribution in [1.82, 2.24) is 10.2 Å². The van der Waals surface area contributed by atoms with Crippen molar-refractivity contribution in [2.75, 3.05) is 33.2 Å². The fourth-order valence-electron chi connectivity index (χ4n) is 2.43. The van der Waals surface area contributed by atoms with Gasteiger partial charge in [-0.2, -0.15) is 0 Å². The number of hydrogen-bond acceptors (Lipinski definition) is 5. The van der Waals surface area contributed by atoms with Gasteiger partial charge in [-0.25, -0.2) is 0 Å². The molecule has 1 aromatic carbocycles. The SMILES string of the molecule is CN=C(/C=C(\C)c1cccc(O)c1)C(=O)NCCCN1C=NCC1. The average Bonchev–Trinajstić information content (AvgIpc) is 3.09. The average molecular weight is 328 g/mol. The molecule has 0 aromatic heterocycles. The molecule has 0 saturated heterocycles. The molecule has 0 spiro atoms. The molecule has 2 N–H and O–H groups in total. The number of amides is 1. The van der Waals surface area contributed by atoms with E-state index in [1.54, 1.807) is 31.3 Å². The first-order chi connectivity index (χ1) is 11.6. The van der Waals surface area contributed by atoms with Crippen LogP contribution in [-0.2, 0) is 4.79 Å². The number of nitrogens with zero attached hydrogens (tertiary/aromatic N) is 3. The molecule has 1 amide bonds. The molecule has 0 bridgehead atoms. The van der Waals surface area contributed by atoms with Crippen molar-refractivity contribution in [2.45, 2.75) is 13.3 Å². The quantitative estimate of drug-likeness (QED) is 0.591. The van der Waals surface area contributed by atoms with Gasteiger partial charge in [0.25, 0.3) is 5.91 Å². The van der Waals surface area contributed by atoms with Crippen LogP contribution in [0.2, 0.25) is 0 Å². The van der Waals surface area contributed by atoms with Gasteiger partial charge in [-0.05, 0) is 42.7 Å². The van der Waals surface area contributed by atoms with Crippen LogP contribution < -0.4 is 5.32 Å². The minimum Gasteiger partial charge on any atom is -0.508 e. The Hall–Kier alpha value is -2.63. The van der Waals surface area contributed by atoms with Crippen LogP contribution in [0.1, 0.15) is 18.9 Å². The minimum atomic E-state index is -0.188. The number of rotatable bonds is 7. The Labute approximate surface area is 142 Å². The first-order valence-electron chi connectivity index (χ1n) is 8.07. The molecule has 1 heterocycles. The Balaban J connectivity index is 1.86. The lowest BCUT2D eigenvalue weighted by Crippen LogP contribution is -2.33. The lowest BCUT2D eigenvalue weighted by Gasteiger charge is -2.13. The molecule has 6 nitrogen and oxygen atoms in total. The summed E-state index contributed by atoms with van der Waals surface area (Å²) in [5.41, 5.74) is 2.10. The summed E-state index contributed by atoms with van der Waals surface area (Å²) in [6, 6.07) is 6.93. The molecule has 0 unspecified atom stereocenters. The smallest absolute Gasteiger partial charge is 0.269 e. The summed E-state index contributed by atoms with van der Waals surface area (Å²) in [7, 11) is 1.60.